The minimum absolute atomic E-state index is 0.271. The van der Waals surface area contributed by atoms with E-state index in [0.717, 1.165) is 12.3 Å². The van der Waals surface area contributed by atoms with E-state index < -0.39 is 5.97 Å². The lowest BCUT2D eigenvalue weighted by Crippen LogP contribution is -2.36. The van der Waals surface area contributed by atoms with E-state index in [-0.39, 0.29) is 5.56 Å². The van der Waals surface area contributed by atoms with Crippen molar-refractivity contribution >= 4 is 5.97 Å². The topological polar surface area (TPSA) is 62.5 Å². The van der Waals surface area contributed by atoms with Gasteiger partial charge < -0.3 is 14.8 Å². The first-order chi connectivity index (χ1) is 9.61. The maximum Gasteiger partial charge on any atom is 0.339 e. The molecular formula is C16H25NO3. The van der Waals surface area contributed by atoms with Gasteiger partial charge in [-0.25, -0.2) is 4.79 Å². The summed E-state index contributed by atoms with van der Waals surface area (Å²) in [6.45, 7) is 4.52. The summed E-state index contributed by atoms with van der Waals surface area (Å²) in [5.41, 5.74) is 0.271. The fourth-order valence-electron chi connectivity index (χ4n) is 3.26. The van der Waals surface area contributed by atoms with Crippen LogP contribution in [0.2, 0.25) is 0 Å². The highest BCUT2D eigenvalue weighted by molar-refractivity contribution is 5.88. The Morgan fingerprint density at radius 3 is 2.70 bits per heavy atom. The molecule has 1 atom stereocenters. The second kappa shape index (κ2) is 6.93. The van der Waals surface area contributed by atoms with Crippen LogP contribution in [-0.4, -0.2) is 17.1 Å². The first-order valence-electron chi connectivity index (χ1n) is 7.67. The predicted octanol–water partition coefficient (Wildman–Crippen LogP) is 3.73. The van der Waals surface area contributed by atoms with Crippen LogP contribution in [0.15, 0.2) is 10.5 Å². The van der Waals surface area contributed by atoms with Crippen LogP contribution in [0.25, 0.3) is 0 Å². The summed E-state index contributed by atoms with van der Waals surface area (Å²) in [6.07, 6.45) is 7.77. The molecule has 1 aliphatic carbocycles. The lowest BCUT2D eigenvalue weighted by molar-refractivity contribution is 0.0695. The molecule has 0 aliphatic heterocycles. The van der Waals surface area contributed by atoms with E-state index in [1.165, 1.54) is 32.1 Å². The van der Waals surface area contributed by atoms with E-state index in [9.17, 15) is 4.79 Å². The highest BCUT2D eigenvalue weighted by Crippen LogP contribution is 2.28. The summed E-state index contributed by atoms with van der Waals surface area (Å²) >= 11 is 0. The van der Waals surface area contributed by atoms with E-state index in [1.807, 2.05) is 0 Å². The zero-order chi connectivity index (χ0) is 14.5. The SMILES string of the molecule is CCC(NCc1cc(C(=O)O)c(C)o1)C1CCCCC1. The van der Waals surface area contributed by atoms with Crippen molar-refractivity contribution in [3.63, 3.8) is 0 Å². The van der Waals surface area contributed by atoms with Crippen LogP contribution >= 0.6 is 0 Å². The van der Waals surface area contributed by atoms with Crippen LogP contribution in [0.4, 0.5) is 0 Å². The van der Waals surface area contributed by atoms with Crippen LogP contribution in [0.3, 0.4) is 0 Å². The molecule has 20 heavy (non-hydrogen) atoms. The summed E-state index contributed by atoms with van der Waals surface area (Å²) in [5.74, 6) is 1.04. The number of aromatic carboxylic acids is 1. The third-order valence-corrected chi connectivity index (χ3v) is 4.40. The quantitative estimate of drug-likeness (QED) is 0.832. The smallest absolute Gasteiger partial charge is 0.339 e. The van der Waals surface area contributed by atoms with Gasteiger partial charge in [-0.05, 0) is 38.2 Å². The van der Waals surface area contributed by atoms with Gasteiger partial charge >= 0.3 is 5.97 Å². The van der Waals surface area contributed by atoms with E-state index in [0.29, 0.717) is 24.1 Å². The lowest BCUT2D eigenvalue weighted by Gasteiger charge is -2.30. The largest absolute Gasteiger partial charge is 0.478 e. The van der Waals surface area contributed by atoms with Crippen LogP contribution in [0.5, 0.6) is 0 Å². The summed E-state index contributed by atoms with van der Waals surface area (Å²) in [7, 11) is 0. The molecule has 2 rings (SSSR count). The molecule has 1 unspecified atom stereocenters. The van der Waals surface area contributed by atoms with Gasteiger partial charge in [0.1, 0.15) is 17.1 Å². The van der Waals surface area contributed by atoms with Crippen molar-refractivity contribution < 1.29 is 14.3 Å². The second-order valence-electron chi connectivity index (χ2n) is 5.78. The first kappa shape index (κ1) is 15.1. The number of aryl methyl sites for hydroxylation is 1. The molecule has 1 aromatic rings. The minimum Gasteiger partial charge on any atom is -0.478 e. The molecule has 112 valence electrons. The van der Waals surface area contributed by atoms with Crippen molar-refractivity contribution in [3.05, 3.63) is 23.2 Å². The Kier molecular flexibility index (Phi) is 5.24. The summed E-state index contributed by atoms with van der Waals surface area (Å²) in [4.78, 5) is 11.0. The normalized spacial score (nSPS) is 18.1. The van der Waals surface area contributed by atoms with Crippen LogP contribution < -0.4 is 5.32 Å². The number of carbonyl (C=O) groups is 1. The number of hydrogen-bond acceptors (Lipinski definition) is 3. The molecule has 0 bridgehead atoms. The van der Waals surface area contributed by atoms with Crippen molar-refractivity contribution in [2.45, 2.75) is 65.0 Å². The van der Waals surface area contributed by atoms with Crippen LogP contribution in [0, 0.1) is 12.8 Å². The van der Waals surface area contributed by atoms with Gasteiger partial charge in [-0.1, -0.05) is 26.2 Å². The number of carboxylic acids is 1. The molecule has 1 saturated carbocycles. The van der Waals surface area contributed by atoms with Gasteiger partial charge in [-0.3, -0.25) is 0 Å². The van der Waals surface area contributed by atoms with E-state index >= 15 is 0 Å². The average Bonchev–Trinajstić information content (AvgIpc) is 2.82. The van der Waals surface area contributed by atoms with E-state index in [4.69, 9.17) is 9.52 Å². The molecular weight excluding hydrogens is 254 g/mol. The molecule has 0 aromatic carbocycles. The lowest BCUT2D eigenvalue weighted by atomic mass is 9.83. The molecule has 1 aromatic heterocycles. The maximum atomic E-state index is 11.0. The molecule has 0 radical (unpaired) electrons. The Bertz CT molecular complexity index is 447. The zero-order valence-electron chi connectivity index (χ0n) is 12.4. The summed E-state index contributed by atoms with van der Waals surface area (Å²) < 4.78 is 5.51. The monoisotopic (exact) mass is 279 g/mol. The molecule has 2 N–H and O–H groups in total. The maximum absolute atomic E-state index is 11.0. The first-order valence-corrected chi connectivity index (χ1v) is 7.67. The Morgan fingerprint density at radius 1 is 1.45 bits per heavy atom. The molecule has 1 fully saturated rings. The Morgan fingerprint density at radius 2 is 2.15 bits per heavy atom. The van der Waals surface area contributed by atoms with E-state index in [1.54, 1.807) is 13.0 Å². The van der Waals surface area contributed by atoms with Crippen molar-refractivity contribution in [2.24, 2.45) is 5.92 Å². The van der Waals surface area contributed by atoms with Gasteiger partial charge in [0.15, 0.2) is 0 Å². The number of nitrogens with one attached hydrogen (secondary N) is 1. The van der Waals surface area contributed by atoms with Gasteiger partial charge in [-0.2, -0.15) is 0 Å². The zero-order valence-corrected chi connectivity index (χ0v) is 12.4. The number of rotatable bonds is 6. The third-order valence-electron chi connectivity index (χ3n) is 4.40. The van der Waals surface area contributed by atoms with Crippen molar-refractivity contribution in [1.29, 1.82) is 0 Å². The van der Waals surface area contributed by atoms with Crippen molar-refractivity contribution in [3.8, 4) is 0 Å². The molecule has 4 heteroatoms. The van der Waals surface area contributed by atoms with E-state index in [2.05, 4.69) is 12.2 Å². The highest BCUT2D eigenvalue weighted by Gasteiger charge is 2.22. The Hall–Kier alpha value is -1.29. The second-order valence-corrected chi connectivity index (χ2v) is 5.78. The van der Waals surface area contributed by atoms with Gasteiger partial charge in [0.05, 0.1) is 6.54 Å². The van der Waals surface area contributed by atoms with Crippen LogP contribution in [0.1, 0.15) is 67.3 Å². The van der Waals surface area contributed by atoms with Gasteiger partial charge in [0.25, 0.3) is 0 Å². The molecule has 1 aliphatic rings. The fourth-order valence-corrected chi connectivity index (χ4v) is 3.26. The Balaban J connectivity index is 1.92. The number of furan rings is 1. The molecule has 0 amide bonds. The van der Waals surface area contributed by atoms with Gasteiger partial charge in [0.2, 0.25) is 0 Å². The van der Waals surface area contributed by atoms with Crippen molar-refractivity contribution in [1.82, 2.24) is 5.32 Å². The molecule has 0 saturated heterocycles. The van der Waals surface area contributed by atoms with Crippen molar-refractivity contribution in [2.75, 3.05) is 0 Å². The van der Waals surface area contributed by atoms with Gasteiger partial charge in [0, 0.05) is 6.04 Å². The molecule has 1 heterocycles. The van der Waals surface area contributed by atoms with Gasteiger partial charge in [-0.15, -0.1) is 0 Å². The third kappa shape index (κ3) is 3.63. The molecule has 0 spiro atoms. The number of carboxylic acid groups (broad SMARTS) is 1. The highest BCUT2D eigenvalue weighted by atomic mass is 16.4. The van der Waals surface area contributed by atoms with Crippen LogP contribution in [-0.2, 0) is 6.54 Å². The number of hydrogen-bond donors (Lipinski definition) is 2. The summed E-state index contributed by atoms with van der Waals surface area (Å²) in [5, 5.41) is 12.6. The molecule has 4 nitrogen and oxygen atoms in total. The fraction of sp³-hybridized carbons (Fsp3) is 0.688. The Labute approximate surface area is 120 Å². The standard InChI is InChI=1S/C16H25NO3/c1-3-15(12-7-5-4-6-8-12)17-10-13-9-14(16(18)19)11(2)20-13/h9,12,15,17H,3-8,10H2,1-2H3,(H,18,19). The predicted molar refractivity (Wildman–Crippen MR) is 77.9 cm³/mol. The average molecular weight is 279 g/mol. The summed E-state index contributed by atoms with van der Waals surface area (Å²) in [6, 6.07) is 2.15. The minimum atomic E-state index is -0.920.